The Morgan fingerprint density at radius 1 is 1.42 bits per heavy atom. The molecule has 0 aliphatic carbocycles. The van der Waals surface area contributed by atoms with Gasteiger partial charge in [-0.25, -0.2) is 4.68 Å². The fourth-order valence-corrected chi connectivity index (χ4v) is 2.64. The highest BCUT2D eigenvalue weighted by Gasteiger charge is 2.14. The van der Waals surface area contributed by atoms with Crippen molar-refractivity contribution in [2.24, 2.45) is 0 Å². The predicted molar refractivity (Wildman–Crippen MR) is 91.0 cm³/mol. The van der Waals surface area contributed by atoms with E-state index in [0.29, 0.717) is 16.0 Å². The number of thioether (sulfide) groups is 1. The van der Waals surface area contributed by atoms with E-state index in [0.717, 1.165) is 17.3 Å². The summed E-state index contributed by atoms with van der Waals surface area (Å²) in [6.07, 6.45) is 0. The molecule has 0 unspecified atom stereocenters. The molecular weight excluding hydrogens is 354 g/mol. The SMILES string of the molecule is CCOC(=O)CNC(=O)CSc1nnc(-c2cccc(Cl)c2)n1N. The van der Waals surface area contributed by atoms with Gasteiger partial charge < -0.3 is 15.9 Å². The van der Waals surface area contributed by atoms with E-state index in [4.69, 9.17) is 22.2 Å². The van der Waals surface area contributed by atoms with Crippen molar-refractivity contribution in [2.45, 2.75) is 12.1 Å². The maximum atomic E-state index is 11.7. The van der Waals surface area contributed by atoms with Gasteiger partial charge in [0.25, 0.3) is 0 Å². The van der Waals surface area contributed by atoms with Crippen LogP contribution in [0.5, 0.6) is 0 Å². The summed E-state index contributed by atoms with van der Waals surface area (Å²) in [5, 5.41) is 11.3. The lowest BCUT2D eigenvalue weighted by atomic mass is 10.2. The van der Waals surface area contributed by atoms with Crippen molar-refractivity contribution >= 4 is 35.2 Å². The van der Waals surface area contributed by atoms with Gasteiger partial charge in [0.05, 0.1) is 12.4 Å². The highest BCUT2D eigenvalue weighted by atomic mass is 35.5. The molecule has 128 valence electrons. The Morgan fingerprint density at radius 2 is 2.21 bits per heavy atom. The van der Waals surface area contributed by atoms with Crippen molar-refractivity contribution in [3.05, 3.63) is 29.3 Å². The van der Waals surface area contributed by atoms with E-state index >= 15 is 0 Å². The number of hydrogen-bond acceptors (Lipinski definition) is 7. The monoisotopic (exact) mass is 369 g/mol. The summed E-state index contributed by atoms with van der Waals surface area (Å²) in [4.78, 5) is 22.9. The topological polar surface area (TPSA) is 112 Å². The van der Waals surface area contributed by atoms with Gasteiger partial charge in [0.1, 0.15) is 6.54 Å². The van der Waals surface area contributed by atoms with E-state index in [2.05, 4.69) is 15.5 Å². The third-order valence-electron chi connectivity index (χ3n) is 2.81. The lowest BCUT2D eigenvalue weighted by Crippen LogP contribution is -2.32. The number of benzene rings is 1. The molecule has 0 radical (unpaired) electrons. The Morgan fingerprint density at radius 3 is 2.92 bits per heavy atom. The Balaban J connectivity index is 1.92. The first kappa shape index (κ1) is 18.1. The number of carbonyl (C=O) groups is 2. The van der Waals surface area contributed by atoms with Gasteiger partial charge in [-0.2, -0.15) is 0 Å². The second kappa shape index (κ2) is 8.55. The molecule has 0 bridgehead atoms. The number of aromatic nitrogens is 3. The molecule has 0 aliphatic heterocycles. The summed E-state index contributed by atoms with van der Waals surface area (Å²) in [6.45, 7) is 1.80. The second-order valence-electron chi connectivity index (χ2n) is 4.56. The molecule has 8 nitrogen and oxygen atoms in total. The van der Waals surface area contributed by atoms with E-state index in [1.165, 1.54) is 4.68 Å². The molecular formula is C14H16ClN5O3S. The van der Waals surface area contributed by atoms with Crippen LogP contribution >= 0.6 is 23.4 Å². The van der Waals surface area contributed by atoms with Gasteiger partial charge in [-0.1, -0.05) is 35.5 Å². The predicted octanol–water partition coefficient (Wildman–Crippen LogP) is 1.08. The number of ether oxygens (including phenoxy) is 1. The smallest absolute Gasteiger partial charge is 0.325 e. The molecule has 0 spiro atoms. The molecule has 1 heterocycles. The van der Waals surface area contributed by atoms with E-state index in [1.807, 2.05) is 0 Å². The maximum absolute atomic E-state index is 11.7. The van der Waals surface area contributed by atoms with Crippen molar-refractivity contribution in [2.75, 3.05) is 24.7 Å². The number of nitrogens with two attached hydrogens (primary N) is 1. The molecule has 0 fully saturated rings. The van der Waals surface area contributed by atoms with Gasteiger partial charge in [-0.05, 0) is 19.1 Å². The van der Waals surface area contributed by atoms with Crippen LogP contribution in [-0.4, -0.2) is 45.7 Å². The van der Waals surface area contributed by atoms with Crippen LogP contribution in [0, 0.1) is 0 Å². The largest absolute Gasteiger partial charge is 0.465 e. The van der Waals surface area contributed by atoms with Gasteiger partial charge >= 0.3 is 5.97 Å². The Labute approximate surface area is 147 Å². The van der Waals surface area contributed by atoms with Crippen molar-refractivity contribution in [3.63, 3.8) is 0 Å². The summed E-state index contributed by atoms with van der Waals surface area (Å²) in [6, 6.07) is 7.04. The van der Waals surface area contributed by atoms with Gasteiger partial charge in [0.15, 0.2) is 5.82 Å². The number of hydrogen-bond donors (Lipinski definition) is 2. The summed E-state index contributed by atoms with van der Waals surface area (Å²) >= 11 is 7.05. The fourth-order valence-electron chi connectivity index (χ4n) is 1.76. The molecule has 2 aromatic rings. The lowest BCUT2D eigenvalue weighted by molar-refractivity contribution is -0.143. The lowest BCUT2D eigenvalue weighted by Gasteiger charge is -2.05. The minimum atomic E-state index is -0.485. The third-order valence-corrected chi connectivity index (χ3v) is 3.99. The number of nitrogens with zero attached hydrogens (tertiary/aromatic N) is 3. The second-order valence-corrected chi connectivity index (χ2v) is 5.94. The first-order valence-electron chi connectivity index (χ1n) is 7.02. The molecule has 1 aromatic carbocycles. The zero-order chi connectivity index (χ0) is 17.5. The van der Waals surface area contributed by atoms with E-state index in [9.17, 15) is 9.59 Å². The van der Waals surface area contributed by atoms with Crippen LogP contribution in [0.3, 0.4) is 0 Å². The molecule has 1 aromatic heterocycles. The number of esters is 1. The average molecular weight is 370 g/mol. The molecule has 0 aliphatic rings. The molecule has 0 atom stereocenters. The van der Waals surface area contributed by atoms with Gasteiger partial charge in [0, 0.05) is 10.6 Å². The zero-order valence-electron chi connectivity index (χ0n) is 12.9. The number of nitrogen functional groups attached to an aromatic ring is 1. The molecule has 1 amide bonds. The van der Waals surface area contributed by atoms with Crippen LogP contribution in [0.25, 0.3) is 11.4 Å². The molecule has 2 rings (SSSR count). The highest BCUT2D eigenvalue weighted by Crippen LogP contribution is 2.23. The normalized spacial score (nSPS) is 10.4. The molecule has 0 saturated carbocycles. The minimum absolute atomic E-state index is 0.0459. The first-order valence-corrected chi connectivity index (χ1v) is 8.39. The summed E-state index contributed by atoms with van der Waals surface area (Å²) in [5.74, 6) is 5.62. The minimum Gasteiger partial charge on any atom is -0.465 e. The van der Waals surface area contributed by atoms with Crippen molar-refractivity contribution in [3.8, 4) is 11.4 Å². The average Bonchev–Trinajstić information content (AvgIpc) is 2.92. The number of amides is 1. The molecule has 0 saturated heterocycles. The highest BCUT2D eigenvalue weighted by molar-refractivity contribution is 7.99. The summed E-state index contributed by atoms with van der Waals surface area (Å²) in [7, 11) is 0. The van der Waals surface area contributed by atoms with Crippen LogP contribution in [0.1, 0.15) is 6.92 Å². The van der Waals surface area contributed by atoms with Crippen molar-refractivity contribution in [1.29, 1.82) is 0 Å². The number of rotatable bonds is 7. The molecule has 10 heteroatoms. The Bertz CT molecular complexity index is 737. The van der Waals surface area contributed by atoms with Gasteiger partial charge in [-0.15, -0.1) is 10.2 Å². The van der Waals surface area contributed by atoms with Gasteiger partial charge in [0.2, 0.25) is 11.1 Å². The van der Waals surface area contributed by atoms with Crippen molar-refractivity contribution in [1.82, 2.24) is 20.2 Å². The van der Waals surface area contributed by atoms with Crippen LogP contribution in [0.15, 0.2) is 29.4 Å². The van der Waals surface area contributed by atoms with Crippen LogP contribution < -0.4 is 11.2 Å². The van der Waals surface area contributed by atoms with Gasteiger partial charge in [-0.3, -0.25) is 9.59 Å². The Hall–Kier alpha value is -2.26. The summed E-state index contributed by atoms with van der Waals surface area (Å²) < 4.78 is 6.01. The quantitative estimate of drug-likeness (QED) is 0.426. The number of halogens is 1. The zero-order valence-corrected chi connectivity index (χ0v) is 14.4. The van der Waals surface area contributed by atoms with Crippen molar-refractivity contribution < 1.29 is 14.3 Å². The maximum Gasteiger partial charge on any atom is 0.325 e. The number of carbonyl (C=O) groups excluding carboxylic acids is 2. The van der Waals surface area contributed by atoms with Crippen LogP contribution in [0.2, 0.25) is 5.02 Å². The van der Waals surface area contributed by atoms with E-state index < -0.39 is 5.97 Å². The van der Waals surface area contributed by atoms with E-state index in [-0.39, 0.29) is 24.8 Å². The van der Waals surface area contributed by atoms with E-state index in [1.54, 1.807) is 31.2 Å². The molecule has 24 heavy (non-hydrogen) atoms. The summed E-state index contributed by atoms with van der Waals surface area (Å²) in [5.41, 5.74) is 0.719. The number of nitrogens with one attached hydrogen (secondary N) is 1. The molecule has 3 N–H and O–H groups in total. The third kappa shape index (κ3) is 4.87. The van der Waals surface area contributed by atoms with Crippen LogP contribution in [-0.2, 0) is 14.3 Å². The fraction of sp³-hybridized carbons (Fsp3) is 0.286. The Kier molecular flexibility index (Phi) is 6.44. The standard InChI is InChI=1S/C14H16ClN5O3S/c1-2-23-12(22)7-17-11(21)8-24-14-19-18-13(20(14)16)9-4-3-5-10(15)6-9/h3-6H,2,7-8,16H2,1H3,(H,17,21). The first-order chi connectivity index (χ1) is 11.5. The van der Waals surface area contributed by atoms with Crippen LogP contribution in [0.4, 0.5) is 0 Å².